The Morgan fingerprint density at radius 2 is 2.09 bits per heavy atom. The molecule has 1 unspecified atom stereocenters. The summed E-state index contributed by atoms with van der Waals surface area (Å²) in [7, 11) is 0. The molecule has 1 aromatic heterocycles. The van der Waals surface area contributed by atoms with E-state index in [1.54, 1.807) is 26.0 Å². The molecule has 0 saturated carbocycles. The Labute approximate surface area is 134 Å². The first-order chi connectivity index (χ1) is 10.9. The SMILES string of the molecule is CCOC(=O)c1oc2ccc3c(c2c1C)C(=O)CC(C)(CC)O3. The third-order valence-electron chi connectivity index (χ3n) is 4.43. The molecule has 1 aromatic carbocycles. The highest BCUT2D eigenvalue weighted by Crippen LogP contribution is 2.41. The van der Waals surface area contributed by atoms with Crippen molar-refractivity contribution in [2.75, 3.05) is 6.61 Å². The van der Waals surface area contributed by atoms with Gasteiger partial charge < -0.3 is 13.9 Å². The van der Waals surface area contributed by atoms with E-state index in [0.717, 1.165) is 6.42 Å². The van der Waals surface area contributed by atoms with Gasteiger partial charge in [0.05, 0.1) is 18.6 Å². The van der Waals surface area contributed by atoms with Gasteiger partial charge in [0.2, 0.25) is 5.76 Å². The number of carbonyl (C=O) groups excluding carboxylic acids is 2. The van der Waals surface area contributed by atoms with Crippen LogP contribution in [0.1, 0.15) is 60.1 Å². The van der Waals surface area contributed by atoms with Crippen LogP contribution in [0.4, 0.5) is 0 Å². The molecule has 0 spiro atoms. The lowest BCUT2D eigenvalue weighted by molar-refractivity contribution is 0.0486. The average Bonchev–Trinajstić information content (AvgIpc) is 2.84. The van der Waals surface area contributed by atoms with E-state index in [2.05, 4.69) is 0 Å². The molecule has 0 fully saturated rings. The molecule has 5 heteroatoms. The van der Waals surface area contributed by atoms with Gasteiger partial charge in [-0.05, 0) is 39.3 Å². The number of aryl methyl sites for hydroxylation is 1. The molecule has 0 amide bonds. The molecule has 0 saturated heterocycles. The minimum absolute atomic E-state index is 0.0144. The van der Waals surface area contributed by atoms with E-state index in [1.807, 2.05) is 13.8 Å². The highest BCUT2D eigenvalue weighted by Gasteiger charge is 2.37. The fourth-order valence-electron chi connectivity index (χ4n) is 3.00. The molecule has 1 atom stereocenters. The molecule has 1 aliphatic rings. The van der Waals surface area contributed by atoms with E-state index in [0.29, 0.717) is 34.3 Å². The summed E-state index contributed by atoms with van der Waals surface area (Å²) in [6, 6.07) is 3.47. The molecule has 0 N–H and O–H groups in total. The number of ketones is 1. The molecule has 5 nitrogen and oxygen atoms in total. The van der Waals surface area contributed by atoms with Crippen LogP contribution in [-0.2, 0) is 4.74 Å². The van der Waals surface area contributed by atoms with Gasteiger partial charge in [0.25, 0.3) is 0 Å². The smallest absolute Gasteiger partial charge is 0.374 e. The predicted molar refractivity (Wildman–Crippen MR) is 85.2 cm³/mol. The van der Waals surface area contributed by atoms with Crippen LogP contribution in [0.25, 0.3) is 11.0 Å². The number of rotatable bonds is 3. The lowest BCUT2D eigenvalue weighted by atomic mass is 9.87. The van der Waals surface area contributed by atoms with Gasteiger partial charge in [0.15, 0.2) is 5.78 Å². The lowest BCUT2D eigenvalue weighted by Gasteiger charge is -2.34. The number of benzene rings is 1. The molecule has 1 aliphatic heterocycles. The van der Waals surface area contributed by atoms with Gasteiger partial charge >= 0.3 is 5.97 Å². The normalized spacial score (nSPS) is 20.3. The summed E-state index contributed by atoms with van der Waals surface area (Å²) < 4.78 is 16.7. The molecular formula is C18H20O5. The number of furan rings is 1. The maximum atomic E-state index is 12.7. The summed E-state index contributed by atoms with van der Waals surface area (Å²) >= 11 is 0. The second-order valence-electron chi connectivity index (χ2n) is 6.09. The monoisotopic (exact) mass is 316 g/mol. The largest absolute Gasteiger partial charge is 0.486 e. The lowest BCUT2D eigenvalue weighted by Crippen LogP contribution is -2.38. The van der Waals surface area contributed by atoms with Gasteiger partial charge in [-0.3, -0.25) is 4.79 Å². The molecule has 0 bridgehead atoms. The average molecular weight is 316 g/mol. The van der Waals surface area contributed by atoms with Gasteiger partial charge in [0.1, 0.15) is 16.9 Å². The highest BCUT2D eigenvalue weighted by molar-refractivity contribution is 6.13. The van der Waals surface area contributed by atoms with Crippen LogP contribution in [0, 0.1) is 6.92 Å². The minimum Gasteiger partial charge on any atom is -0.486 e. The number of esters is 1. The van der Waals surface area contributed by atoms with Gasteiger partial charge in [-0.2, -0.15) is 0 Å². The number of hydrogen-bond acceptors (Lipinski definition) is 5. The van der Waals surface area contributed by atoms with E-state index in [4.69, 9.17) is 13.9 Å². The summed E-state index contributed by atoms with van der Waals surface area (Å²) in [5.41, 5.74) is 1.14. The zero-order valence-electron chi connectivity index (χ0n) is 13.8. The van der Waals surface area contributed by atoms with Crippen molar-refractivity contribution in [3.8, 4) is 5.75 Å². The first-order valence-corrected chi connectivity index (χ1v) is 7.85. The molecule has 3 rings (SSSR count). The van der Waals surface area contributed by atoms with Gasteiger partial charge in [0, 0.05) is 10.9 Å². The van der Waals surface area contributed by atoms with Crippen LogP contribution < -0.4 is 4.74 Å². The minimum atomic E-state index is -0.516. The first kappa shape index (κ1) is 15.6. The third-order valence-corrected chi connectivity index (χ3v) is 4.43. The summed E-state index contributed by atoms with van der Waals surface area (Å²) in [5.74, 6) is 0.197. The number of carbonyl (C=O) groups is 2. The fraction of sp³-hybridized carbons (Fsp3) is 0.444. The van der Waals surface area contributed by atoms with E-state index in [1.165, 1.54) is 0 Å². The van der Waals surface area contributed by atoms with Crippen LogP contribution in [0.15, 0.2) is 16.5 Å². The second-order valence-corrected chi connectivity index (χ2v) is 6.09. The molecule has 0 radical (unpaired) electrons. The summed E-state index contributed by atoms with van der Waals surface area (Å²) in [6.45, 7) is 7.70. The van der Waals surface area contributed by atoms with Gasteiger partial charge in [-0.1, -0.05) is 6.92 Å². The number of ether oxygens (including phenoxy) is 2. The maximum absolute atomic E-state index is 12.7. The molecule has 122 valence electrons. The summed E-state index contributed by atoms with van der Waals surface area (Å²) in [6.07, 6.45) is 1.06. The molecule has 2 heterocycles. The summed E-state index contributed by atoms with van der Waals surface area (Å²) in [4.78, 5) is 24.7. The Balaban J connectivity index is 2.19. The molecule has 23 heavy (non-hydrogen) atoms. The van der Waals surface area contributed by atoms with Crippen LogP contribution >= 0.6 is 0 Å². The van der Waals surface area contributed by atoms with E-state index >= 15 is 0 Å². The van der Waals surface area contributed by atoms with Crippen molar-refractivity contribution < 1.29 is 23.5 Å². The Hall–Kier alpha value is -2.30. The van der Waals surface area contributed by atoms with Crippen molar-refractivity contribution >= 4 is 22.7 Å². The second kappa shape index (κ2) is 5.41. The van der Waals surface area contributed by atoms with Crippen molar-refractivity contribution in [2.24, 2.45) is 0 Å². The number of hydrogen-bond donors (Lipinski definition) is 0. The number of Topliss-reactive ketones (excluding diaryl/α,β-unsaturated/α-hetero) is 1. The Kier molecular flexibility index (Phi) is 3.66. The van der Waals surface area contributed by atoms with Crippen LogP contribution in [0.2, 0.25) is 0 Å². The van der Waals surface area contributed by atoms with Crippen LogP contribution in [0.5, 0.6) is 5.75 Å². The van der Waals surface area contributed by atoms with Crippen LogP contribution in [-0.4, -0.2) is 24.0 Å². The first-order valence-electron chi connectivity index (χ1n) is 7.85. The topological polar surface area (TPSA) is 65.7 Å². The summed E-state index contributed by atoms with van der Waals surface area (Å²) in [5, 5.41) is 0.647. The van der Waals surface area contributed by atoms with Crippen molar-refractivity contribution in [1.29, 1.82) is 0 Å². The molecule has 0 aliphatic carbocycles. The number of fused-ring (bicyclic) bond motifs is 3. The third kappa shape index (κ3) is 2.40. The Bertz CT molecular complexity index is 801. The Morgan fingerprint density at radius 1 is 1.35 bits per heavy atom. The van der Waals surface area contributed by atoms with Crippen molar-refractivity contribution in [1.82, 2.24) is 0 Å². The van der Waals surface area contributed by atoms with Gasteiger partial charge in [-0.15, -0.1) is 0 Å². The quantitative estimate of drug-likeness (QED) is 0.799. The fourth-order valence-corrected chi connectivity index (χ4v) is 3.00. The maximum Gasteiger partial charge on any atom is 0.374 e. The Morgan fingerprint density at radius 3 is 2.74 bits per heavy atom. The zero-order valence-corrected chi connectivity index (χ0v) is 13.8. The molecular weight excluding hydrogens is 296 g/mol. The van der Waals surface area contributed by atoms with Crippen LogP contribution in [0.3, 0.4) is 0 Å². The van der Waals surface area contributed by atoms with E-state index < -0.39 is 11.6 Å². The van der Waals surface area contributed by atoms with Gasteiger partial charge in [-0.25, -0.2) is 4.79 Å². The van der Waals surface area contributed by atoms with Crippen molar-refractivity contribution in [3.63, 3.8) is 0 Å². The van der Waals surface area contributed by atoms with E-state index in [9.17, 15) is 9.59 Å². The zero-order chi connectivity index (χ0) is 16.8. The standard InChI is InChI=1S/C18H20O5/c1-5-18(4)9-11(19)15-13(23-18)8-7-12-14(15)10(3)16(22-12)17(20)21-6-2/h7-8H,5-6,9H2,1-4H3. The molecule has 2 aromatic rings. The van der Waals surface area contributed by atoms with Crippen molar-refractivity contribution in [3.05, 3.63) is 29.0 Å². The highest BCUT2D eigenvalue weighted by atomic mass is 16.5. The van der Waals surface area contributed by atoms with E-state index in [-0.39, 0.29) is 18.2 Å². The predicted octanol–water partition coefficient (Wildman–Crippen LogP) is 4.05. The van der Waals surface area contributed by atoms with Crippen molar-refractivity contribution in [2.45, 2.75) is 46.1 Å².